The molecule has 102 valence electrons. The molecule has 19 heavy (non-hydrogen) atoms. The number of anilines is 1. The predicted octanol–water partition coefficient (Wildman–Crippen LogP) is 3.14. The van der Waals surface area contributed by atoms with Gasteiger partial charge < -0.3 is 9.75 Å². The van der Waals surface area contributed by atoms with Gasteiger partial charge in [0.15, 0.2) is 0 Å². The second-order valence-electron chi connectivity index (χ2n) is 3.95. The maximum Gasteiger partial charge on any atom is 0.123 e. The Balaban J connectivity index is 0.00000180. The van der Waals surface area contributed by atoms with E-state index in [1.54, 1.807) is 24.3 Å². The van der Waals surface area contributed by atoms with Crippen molar-refractivity contribution in [2.75, 3.05) is 12.1 Å². The van der Waals surface area contributed by atoms with Gasteiger partial charge in [-0.25, -0.2) is 10.2 Å². The van der Waals surface area contributed by atoms with E-state index in [0.29, 0.717) is 6.54 Å². The lowest BCUT2D eigenvalue weighted by molar-refractivity contribution is 0.414. The third-order valence-electron chi connectivity index (χ3n) is 2.67. The van der Waals surface area contributed by atoms with E-state index >= 15 is 0 Å². The van der Waals surface area contributed by atoms with Gasteiger partial charge in [-0.1, -0.05) is 12.1 Å². The van der Waals surface area contributed by atoms with Crippen molar-refractivity contribution in [3.63, 3.8) is 0 Å². The zero-order valence-electron chi connectivity index (χ0n) is 10.5. The summed E-state index contributed by atoms with van der Waals surface area (Å²) in [6.07, 6.45) is 0. The van der Waals surface area contributed by atoms with Crippen LogP contribution in [0, 0.1) is 5.82 Å². The average molecular weight is 283 g/mol. The standard InChI is InChI=1S/C14H15FN2O.ClH/c1-18-14-8-2-11(3-9-14)10-17(16)13-6-4-12(15)5-7-13;/h2-9H,10,16H2,1H3;1H. The largest absolute Gasteiger partial charge is 0.497 e. The summed E-state index contributed by atoms with van der Waals surface area (Å²) in [5, 5.41) is 1.57. The highest BCUT2D eigenvalue weighted by atomic mass is 35.5. The average Bonchev–Trinajstić information content (AvgIpc) is 2.40. The summed E-state index contributed by atoms with van der Waals surface area (Å²) in [5.41, 5.74) is 1.83. The van der Waals surface area contributed by atoms with Gasteiger partial charge in [0, 0.05) is 0 Å². The quantitative estimate of drug-likeness (QED) is 0.692. The molecule has 0 saturated carbocycles. The number of halogens is 2. The van der Waals surface area contributed by atoms with E-state index in [1.165, 1.54) is 12.1 Å². The number of nitrogens with zero attached hydrogens (tertiary/aromatic N) is 1. The van der Waals surface area contributed by atoms with Crippen molar-refractivity contribution in [2.45, 2.75) is 6.54 Å². The van der Waals surface area contributed by atoms with Gasteiger partial charge in [0.25, 0.3) is 0 Å². The number of hydrogen-bond acceptors (Lipinski definition) is 3. The SMILES string of the molecule is COc1ccc(CN(N)c2ccc(F)cc2)cc1.Cl. The molecule has 0 atom stereocenters. The fraction of sp³-hybridized carbons (Fsp3) is 0.143. The smallest absolute Gasteiger partial charge is 0.123 e. The molecular weight excluding hydrogens is 267 g/mol. The van der Waals surface area contributed by atoms with E-state index in [0.717, 1.165) is 17.0 Å². The van der Waals surface area contributed by atoms with Crippen molar-refractivity contribution in [1.82, 2.24) is 0 Å². The van der Waals surface area contributed by atoms with E-state index < -0.39 is 0 Å². The van der Waals surface area contributed by atoms with Crippen LogP contribution in [0.1, 0.15) is 5.56 Å². The minimum Gasteiger partial charge on any atom is -0.497 e. The summed E-state index contributed by atoms with van der Waals surface area (Å²) in [4.78, 5) is 0. The van der Waals surface area contributed by atoms with Crippen molar-refractivity contribution in [3.8, 4) is 5.75 Å². The molecule has 0 aromatic heterocycles. The minimum absolute atomic E-state index is 0. The number of hydrazine groups is 1. The second kappa shape index (κ2) is 6.97. The van der Waals surface area contributed by atoms with Crippen molar-refractivity contribution in [3.05, 3.63) is 59.9 Å². The van der Waals surface area contributed by atoms with Crippen LogP contribution in [0.5, 0.6) is 5.75 Å². The fourth-order valence-corrected chi connectivity index (χ4v) is 1.65. The zero-order valence-corrected chi connectivity index (χ0v) is 11.4. The van der Waals surface area contributed by atoms with E-state index in [2.05, 4.69) is 0 Å². The summed E-state index contributed by atoms with van der Waals surface area (Å²) in [5.74, 6) is 6.47. The van der Waals surface area contributed by atoms with Crippen LogP contribution >= 0.6 is 12.4 Å². The van der Waals surface area contributed by atoms with Crippen LogP contribution in [0.4, 0.5) is 10.1 Å². The molecule has 0 radical (unpaired) electrons. The van der Waals surface area contributed by atoms with Gasteiger partial charge in [0.05, 0.1) is 19.3 Å². The van der Waals surface area contributed by atoms with Crippen LogP contribution in [0.2, 0.25) is 0 Å². The highest BCUT2D eigenvalue weighted by Gasteiger charge is 2.03. The van der Waals surface area contributed by atoms with E-state index in [1.807, 2.05) is 24.3 Å². The Labute approximate surface area is 118 Å². The summed E-state index contributed by atoms with van der Waals surface area (Å²) in [6.45, 7) is 0.551. The Morgan fingerprint density at radius 3 is 2.16 bits per heavy atom. The highest BCUT2D eigenvalue weighted by molar-refractivity contribution is 5.85. The van der Waals surface area contributed by atoms with Gasteiger partial charge in [-0.2, -0.15) is 0 Å². The lowest BCUT2D eigenvalue weighted by atomic mass is 10.2. The van der Waals surface area contributed by atoms with Crippen LogP contribution < -0.4 is 15.6 Å². The van der Waals surface area contributed by atoms with E-state index in [4.69, 9.17) is 10.6 Å². The molecular formula is C14H16ClFN2O. The molecule has 0 saturated heterocycles. The molecule has 0 unspecified atom stereocenters. The molecule has 0 fully saturated rings. The normalized spacial score (nSPS) is 9.63. The van der Waals surface area contributed by atoms with Crippen LogP contribution in [0.25, 0.3) is 0 Å². The first-order valence-corrected chi connectivity index (χ1v) is 5.60. The molecule has 0 aliphatic heterocycles. The van der Waals surface area contributed by atoms with Crippen LogP contribution in [0.15, 0.2) is 48.5 Å². The Hall–Kier alpha value is -1.78. The molecule has 0 aliphatic carbocycles. The first-order chi connectivity index (χ1) is 8.69. The number of benzene rings is 2. The van der Waals surface area contributed by atoms with Crippen molar-refractivity contribution < 1.29 is 9.13 Å². The summed E-state index contributed by atoms with van der Waals surface area (Å²) in [6, 6.07) is 13.7. The molecule has 0 bridgehead atoms. The Bertz CT molecular complexity index is 502. The van der Waals surface area contributed by atoms with Gasteiger partial charge >= 0.3 is 0 Å². The molecule has 0 heterocycles. The maximum atomic E-state index is 12.8. The van der Waals surface area contributed by atoms with E-state index in [-0.39, 0.29) is 18.2 Å². The van der Waals surface area contributed by atoms with Crippen LogP contribution in [-0.4, -0.2) is 7.11 Å². The monoisotopic (exact) mass is 282 g/mol. The number of hydrogen-bond donors (Lipinski definition) is 1. The van der Waals surface area contributed by atoms with Crippen molar-refractivity contribution in [1.29, 1.82) is 0 Å². The summed E-state index contributed by atoms with van der Waals surface area (Å²) < 4.78 is 17.9. The topological polar surface area (TPSA) is 38.5 Å². The predicted molar refractivity (Wildman–Crippen MR) is 77.0 cm³/mol. The van der Waals surface area contributed by atoms with Crippen LogP contribution in [-0.2, 0) is 6.54 Å². The molecule has 0 amide bonds. The van der Waals surface area contributed by atoms with Crippen molar-refractivity contribution >= 4 is 18.1 Å². The number of ether oxygens (including phenoxy) is 1. The lowest BCUT2D eigenvalue weighted by Crippen LogP contribution is -2.29. The van der Waals surface area contributed by atoms with Gasteiger partial charge in [-0.15, -0.1) is 12.4 Å². The zero-order chi connectivity index (χ0) is 13.0. The summed E-state index contributed by atoms with van der Waals surface area (Å²) in [7, 11) is 1.63. The first-order valence-electron chi connectivity index (χ1n) is 5.60. The maximum absolute atomic E-state index is 12.8. The van der Waals surface area contributed by atoms with Gasteiger partial charge in [0.1, 0.15) is 11.6 Å². The number of rotatable bonds is 4. The van der Waals surface area contributed by atoms with E-state index in [9.17, 15) is 4.39 Å². The molecule has 2 N–H and O–H groups in total. The molecule has 2 rings (SSSR count). The molecule has 0 spiro atoms. The van der Waals surface area contributed by atoms with Crippen LogP contribution in [0.3, 0.4) is 0 Å². The molecule has 0 aliphatic rings. The fourth-order valence-electron chi connectivity index (χ4n) is 1.65. The third-order valence-corrected chi connectivity index (χ3v) is 2.67. The Kier molecular flexibility index (Phi) is 5.60. The number of methoxy groups -OCH3 is 1. The van der Waals surface area contributed by atoms with Gasteiger partial charge in [0.2, 0.25) is 0 Å². The number of nitrogens with two attached hydrogens (primary N) is 1. The highest BCUT2D eigenvalue weighted by Crippen LogP contribution is 2.16. The first kappa shape index (κ1) is 15.3. The molecule has 2 aromatic carbocycles. The van der Waals surface area contributed by atoms with Gasteiger partial charge in [-0.05, 0) is 42.0 Å². The molecule has 5 heteroatoms. The summed E-state index contributed by atoms with van der Waals surface area (Å²) >= 11 is 0. The Morgan fingerprint density at radius 1 is 1.05 bits per heavy atom. The Morgan fingerprint density at radius 2 is 1.63 bits per heavy atom. The van der Waals surface area contributed by atoms with Gasteiger partial charge in [-0.3, -0.25) is 0 Å². The lowest BCUT2D eigenvalue weighted by Gasteiger charge is -2.18. The van der Waals surface area contributed by atoms with Crippen molar-refractivity contribution in [2.24, 2.45) is 5.84 Å². The molecule has 2 aromatic rings. The molecule has 3 nitrogen and oxygen atoms in total. The minimum atomic E-state index is -0.267. The second-order valence-corrected chi connectivity index (χ2v) is 3.95. The third kappa shape index (κ3) is 4.12.